The summed E-state index contributed by atoms with van der Waals surface area (Å²) in [5.41, 5.74) is 1.67. The molecule has 1 atom stereocenters. The summed E-state index contributed by atoms with van der Waals surface area (Å²) < 4.78 is 0. The number of amides is 1. The Morgan fingerprint density at radius 1 is 1.08 bits per heavy atom. The Balaban J connectivity index is 0.00000456. The molecule has 0 bridgehead atoms. The Kier molecular flexibility index (Phi) is 11.9. The predicted molar refractivity (Wildman–Crippen MR) is 142 cm³/mol. The number of halogens is 2. The number of carbonyl (C=O) groups excluding carboxylic acids is 1. The Labute approximate surface area is 240 Å². The topological polar surface area (TPSA) is 119 Å². The fraction of sp³-hybridized carbons (Fsp3) is 0.160. The number of aliphatic carboxylic acids is 1. The van der Waals surface area contributed by atoms with Crippen molar-refractivity contribution in [1.29, 1.82) is 5.26 Å². The summed E-state index contributed by atoms with van der Waals surface area (Å²) in [5.74, 6) is -1.35. The maximum atomic E-state index is 12.5. The van der Waals surface area contributed by atoms with Crippen molar-refractivity contribution in [3.8, 4) is 6.07 Å². The van der Waals surface area contributed by atoms with Gasteiger partial charge in [-0.15, -0.1) is 0 Å². The van der Waals surface area contributed by atoms with Gasteiger partial charge in [0.2, 0.25) is 5.95 Å². The van der Waals surface area contributed by atoms with Crippen LogP contribution >= 0.6 is 23.2 Å². The summed E-state index contributed by atoms with van der Waals surface area (Å²) in [7, 11) is 0. The molecule has 180 valence electrons. The van der Waals surface area contributed by atoms with Gasteiger partial charge in [0.05, 0.1) is 28.1 Å². The molecule has 0 aliphatic heterocycles. The van der Waals surface area contributed by atoms with Crippen LogP contribution < -0.4 is 10.2 Å². The van der Waals surface area contributed by atoms with E-state index in [0.29, 0.717) is 18.9 Å². The summed E-state index contributed by atoms with van der Waals surface area (Å²) >= 11 is 12.1. The zero-order valence-electron chi connectivity index (χ0n) is 18.4. The van der Waals surface area contributed by atoms with Gasteiger partial charge in [-0.05, 0) is 42.3 Å². The van der Waals surface area contributed by atoms with Crippen LogP contribution in [0.3, 0.4) is 0 Å². The number of anilines is 2. The van der Waals surface area contributed by atoms with Crippen LogP contribution in [0.5, 0.6) is 0 Å². The summed E-state index contributed by atoms with van der Waals surface area (Å²) in [4.78, 5) is 34.5. The molecule has 1 amide bonds. The monoisotopic (exact) mass is 533 g/mol. The molecule has 36 heavy (non-hydrogen) atoms. The van der Waals surface area contributed by atoms with Gasteiger partial charge < -0.3 is 15.3 Å². The Morgan fingerprint density at radius 2 is 1.72 bits per heavy atom. The summed E-state index contributed by atoms with van der Waals surface area (Å²) in [6.07, 6.45) is 7.05. The number of nitrogens with zero attached hydrogens (tertiary/aromatic N) is 4. The molecule has 0 radical (unpaired) electrons. The van der Waals surface area contributed by atoms with E-state index < -0.39 is 17.9 Å². The summed E-state index contributed by atoms with van der Waals surface area (Å²) in [6, 6.07) is 14.7. The van der Waals surface area contributed by atoms with E-state index in [0.717, 1.165) is 11.3 Å². The molecule has 2 N–H and O–H groups in total. The third-order valence-corrected chi connectivity index (χ3v) is 5.55. The molecule has 2 aromatic carbocycles. The Morgan fingerprint density at radius 3 is 2.31 bits per heavy atom. The average Bonchev–Trinajstić information content (AvgIpc) is 2.85. The molecule has 0 aliphatic carbocycles. The van der Waals surface area contributed by atoms with E-state index in [4.69, 9.17) is 28.5 Å². The Bertz CT molecular complexity index is 1230. The van der Waals surface area contributed by atoms with Crippen molar-refractivity contribution in [3.63, 3.8) is 0 Å². The molecule has 0 saturated heterocycles. The molecule has 0 spiro atoms. The first-order chi connectivity index (χ1) is 16.9. The van der Waals surface area contributed by atoms with E-state index >= 15 is 0 Å². The fourth-order valence-electron chi connectivity index (χ4n) is 3.21. The average molecular weight is 534 g/mol. The van der Waals surface area contributed by atoms with Crippen LogP contribution in [0.15, 0.2) is 67.0 Å². The SMILES string of the molecule is N#CCCN(c1ccc(/C=C/CC(NC(=O)c2c(Cl)cccc2Cl)C(=O)O)cc1)c1ncccn1.[NaH]. The quantitative estimate of drug-likeness (QED) is 0.369. The second-order valence-electron chi connectivity index (χ2n) is 7.30. The van der Waals surface area contributed by atoms with Crippen molar-refractivity contribution in [2.24, 2.45) is 0 Å². The number of carboxylic acids is 1. The number of rotatable bonds is 10. The van der Waals surface area contributed by atoms with Gasteiger partial charge in [-0.2, -0.15) is 5.26 Å². The number of hydrogen-bond acceptors (Lipinski definition) is 6. The second-order valence-corrected chi connectivity index (χ2v) is 8.11. The van der Waals surface area contributed by atoms with E-state index in [2.05, 4.69) is 21.4 Å². The predicted octanol–water partition coefficient (Wildman–Crippen LogP) is 4.47. The Hall–Kier alpha value is -2.93. The molecule has 1 unspecified atom stereocenters. The van der Waals surface area contributed by atoms with E-state index in [1.807, 2.05) is 29.2 Å². The molecule has 8 nitrogen and oxygen atoms in total. The van der Waals surface area contributed by atoms with Crippen molar-refractivity contribution in [2.45, 2.75) is 18.9 Å². The zero-order chi connectivity index (χ0) is 25.2. The van der Waals surface area contributed by atoms with Crippen LogP contribution in [0.1, 0.15) is 28.8 Å². The minimum atomic E-state index is -1.18. The van der Waals surface area contributed by atoms with Crippen molar-refractivity contribution >= 4 is 82.3 Å². The molecular formula is C25H22Cl2N5NaO3. The van der Waals surface area contributed by atoms with Gasteiger partial charge in [0, 0.05) is 24.6 Å². The molecule has 11 heteroatoms. The molecule has 3 aromatic rings. The number of benzene rings is 2. The van der Waals surface area contributed by atoms with Gasteiger partial charge in [0.25, 0.3) is 5.91 Å². The molecule has 1 aromatic heterocycles. The molecule has 1 heterocycles. The van der Waals surface area contributed by atoms with E-state index in [-0.39, 0.29) is 51.6 Å². The van der Waals surface area contributed by atoms with Gasteiger partial charge in [0.15, 0.2) is 0 Å². The van der Waals surface area contributed by atoms with Crippen molar-refractivity contribution < 1.29 is 14.7 Å². The number of hydrogen-bond donors (Lipinski definition) is 2. The summed E-state index contributed by atoms with van der Waals surface area (Å²) in [5, 5.41) is 21.2. The third kappa shape index (κ3) is 8.05. The van der Waals surface area contributed by atoms with Crippen LogP contribution in [0.4, 0.5) is 11.6 Å². The van der Waals surface area contributed by atoms with Crippen LogP contribution in [0.2, 0.25) is 10.0 Å². The molecular weight excluding hydrogens is 512 g/mol. The fourth-order valence-corrected chi connectivity index (χ4v) is 3.78. The molecule has 0 fully saturated rings. The number of nitrogens with one attached hydrogen (secondary N) is 1. The number of carboxylic acid groups (broad SMARTS) is 1. The van der Waals surface area contributed by atoms with Gasteiger partial charge >= 0.3 is 35.5 Å². The van der Waals surface area contributed by atoms with Crippen molar-refractivity contribution in [2.75, 3.05) is 11.4 Å². The van der Waals surface area contributed by atoms with Crippen molar-refractivity contribution in [3.05, 3.63) is 88.2 Å². The van der Waals surface area contributed by atoms with Gasteiger partial charge in [-0.25, -0.2) is 14.8 Å². The molecule has 3 rings (SSSR count). The first-order valence-corrected chi connectivity index (χ1v) is 11.3. The summed E-state index contributed by atoms with van der Waals surface area (Å²) in [6.45, 7) is 0.436. The van der Waals surface area contributed by atoms with Crippen LogP contribution in [0.25, 0.3) is 6.08 Å². The van der Waals surface area contributed by atoms with Gasteiger partial charge in [-0.3, -0.25) is 4.79 Å². The van der Waals surface area contributed by atoms with Crippen molar-refractivity contribution in [1.82, 2.24) is 15.3 Å². The first kappa shape index (κ1) is 29.3. The number of carbonyl (C=O) groups is 2. The molecule has 0 aliphatic rings. The minimum absolute atomic E-state index is 0. The van der Waals surface area contributed by atoms with Gasteiger partial charge in [0.1, 0.15) is 6.04 Å². The van der Waals surface area contributed by atoms with E-state index in [9.17, 15) is 14.7 Å². The second kappa shape index (κ2) is 14.6. The first-order valence-electron chi connectivity index (χ1n) is 10.6. The molecule has 0 saturated carbocycles. The maximum absolute atomic E-state index is 12.5. The van der Waals surface area contributed by atoms with Crippen LogP contribution in [-0.4, -0.2) is 69.1 Å². The van der Waals surface area contributed by atoms with Crippen LogP contribution in [-0.2, 0) is 4.79 Å². The van der Waals surface area contributed by atoms with E-state index in [1.54, 1.807) is 36.7 Å². The standard InChI is InChI=1S/C25H21Cl2N5O3.Na.H/c26-19-6-2-7-20(27)22(19)23(33)31-21(24(34)35)8-1-5-17-9-11-18(12-10-17)32(16-3-13-28)25-29-14-4-15-30-25;;/h1-2,4-7,9-12,14-15,21H,3,8,16H2,(H,31,33)(H,34,35);;/b5-1+;;. The zero-order valence-corrected chi connectivity index (χ0v) is 19.9. The normalized spacial score (nSPS) is 11.2. The number of aromatic nitrogens is 2. The number of nitriles is 1. The van der Waals surface area contributed by atoms with Gasteiger partial charge in [-0.1, -0.05) is 53.6 Å². The van der Waals surface area contributed by atoms with Crippen LogP contribution in [0, 0.1) is 11.3 Å². The van der Waals surface area contributed by atoms with E-state index in [1.165, 1.54) is 12.1 Å². The third-order valence-electron chi connectivity index (χ3n) is 4.92.